The van der Waals surface area contributed by atoms with Gasteiger partial charge in [-0.05, 0) is 36.8 Å². The highest BCUT2D eigenvalue weighted by atomic mass is 32.2. The third-order valence-corrected chi connectivity index (χ3v) is 4.42. The van der Waals surface area contributed by atoms with Crippen LogP contribution < -0.4 is 11.1 Å². The zero-order valence-corrected chi connectivity index (χ0v) is 14.2. The normalized spacial score (nSPS) is 10.6. The molecule has 0 radical (unpaired) electrons. The molecule has 2 aromatic rings. The molecule has 0 aromatic heterocycles. The minimum atomic E-state index is -0.505. The average molecular weight is 328 g/mol. The van der Waals surface area contributed by atoms with Crippen molar-refractivity contribution in [2.75, 3.05) is 5.32 Å². The summed E-state index contributed by atoms with van der Waals surface area (Å²) < 4.78 is 0. The molecule has 23 heavy (non-hydrogen) atoms. The first-order chi connectivity index (χ1) is 10.9. The van der Waals surface area contributed by atoms with E-state index >= 15 is 0 Å². The maximum atomic E-state index is 12.6. The van der Waals surface area contributed by atoms with Crippen LogP contribution >= 0.6 is 11.8 Å². The van der Waals surface area contributed by atoms with Gasteiger partial charge in [-0.1, -0.05) is 32.0 Å². The lowest BCUT2D eigenvalue weighted by atomic mass is 10.1. The first-order valence-corrected chi connectivity index (χ1v) is 8.24. The summed E-state index contributed by atoms with van der Waals surface area (Å²) in [5.41, 5.74) is 7.64. The van der Waals surface area contributed by atoms with Crippen LogP contribution in [0, 0.1) is 6.92 Å². The number of nitrogens with one attached hydrogen (secondary N) is 1. The number of thioether (sulfide) groups is 1. The molecule has 2 rings (SSSR count). The van der Waals surface area contributed by atoms with Crippen molar-refractivity contribution in [1.82, 2.24) is 0 Å². The smallest absolute Gasteiger partial charge is 0.256 e. The number of rotatable bonds is 5. The number of nitrogens with two attached hydrogens (primary N) is 1. The van der Waals surface area contributed by atoms with Crippen LogP contribution in [0.1, 0.15) is 40.1 Å². The van der Waals surface area contributed by atoms with E-state index in [0.717, 1.165) is 4.90 Å². The van der Waals surface area contributed by atoms with Gasteiger partial charge in [-0.2, -0.15) is 0 Å². The van der Waals surface area contributed by atoms with E-state index in [9.17, 15) is 9.59 Å². The van der Waals surface area contributed by atoms with Gasteiger partial charge < -0.3 is 11.1 Å². The van der Waals surface area contributed by atoms with Crippen molar-refractivity contribution in [2.24, 2.45) is 5.73 Å². The molecule has 120 valence electrons. The fourth-order valence-corrected chi connectivity index (χ4v) is 3.19. The lowest BCUT2D eigenvalue weighted by molar-refractivity contribution is 0.0995. The van der Waals surface area contributed by atoms with Gasteiger partial charge in [0.25, 0.3) is 5.91 Å². The highest BCUT2D eigenvalue weighted by Gasteiger charge is 2.15. The van der Waals surface area contributed by atoms with Gasteiger partial charge in [0, 0.05) is 21.4 Å². The van der Waals surface area contributed by atoms with E-state index in [2.05, 4.69) is 19.2 Å². The predicted molar refractivity (Wildman–Crippen MR) is 95.1 cm³/mol. The fraction of sp³-hybridized carbons (Fsp3) is 0.222. The average Bonchev–Trinajstić information content (AvgIpc) is 2.49. The largest absolute Gasteiger partial charge is 0.366 e. The Morgan fingerprint density at radius 1 is 1.04 bits per heavy atom. The molecule has 0 bridgehead atoms. The third-order valence-electron chi connectivity index (χ3n) is 3.34. The van der Waals surface area contributed by atoms with Crippen molar-refractivity contribution in [3.63, 3.8) is 0 Å². The quantitative estimate of drug-likeness (QED) is 0.819. The fourth-order valence-electron chi connectivity index (χ4n) is 2.24. The third kappa shape index (κ3) is 4.13. The second kappa shape index (κ2) is 7.33. The minimum Gasteiger partial charge on any atom is -0.366 e. The molecule has 0 aliphatic rings. The lowest BCUT2D eigenvalue weighted by Crippen LogP contribution is -2.17. The molecule has 2 aromatic carbocycles. The van der Waals surface area contributed by atoms with Crippen molar-refractivity contribution in [3.05, 3.63) is 59.2 Å². The second-order valence-electron chi connectivity index (χ2n) is 5.46. The van der Waals surface area contributed by atoms with E-state index in [1.807, 2.05) is 18.2 Å². The monoisotopic (exact) mass is 328 g/mol. The Kier molecular flexibility index (Phi) is 5.45. The van der Waals surface area contributed by atoms with Gasteiger partial charge in [0.15, 0.2) is 0 Å². The van der Waals surface area contributed by atoms with E-state index in [4.69, 9.17) is 5.73 Å². The van der Waals surface area contributed by atoms with Crippen LogP contribution in [0.25, 0.3) is 0 Å². The Balaban J connectivity index is 2.30. The van der Waals surface area contributed by atoms with E-state index in [-0.39, 0.29) is 5.91 Å². The Labute approximate surface area is 140 Å². The summed E-state index contributed by atoms with van der Waals surface area (Å²) in [7, 11) is 0. The first kappa shape index (κ1) is 17.1. The van der Waals surface area contributed by atoms with Crippen LogP contribution in [0.5, 0.6) is 0 Å². The van der Waals surface area contributed by atoms with Crippen LogP contribution in [-0.4, -0.2) is 17.1 Å². The zero-order valence-electron chi connectivity index (χ0n) is 13.4. The minimum absolute atomic E-state index is 0.196. The number of hydrogen-bond donors (Lipinski definition) is 2. The summed E-state index contributed by atoms with van der Waals surface area (Å²) in [5, 5.41) is 3.25. The summed E-state index contributed by atoms with van der Waals surface area (Å²) in [6.45, 7) is 5.93. The van der Waals surface area contributed by atoms with Crippen molar-refractivity contribution in [3.8, 4) is 0 Å². The molecule has 2 amide bonds. The van der Waals surface area contributed by atoms with Gasteiger partial charge in [0.05, 0.1) is 5.56 Å². The topological polar surface area (TPSA) is 72.2 Å². The van der Waals surface area contributed by atoms with E-state index in [1.54, 1.807) is 43.0 Å². The molecular weight excluding hydrogens is 308 g/mol. The number of primary amides is 1. The molecular formula is C18H20N2O2S. The number of amides is 2. The van der Waals surface area contributed by atoms with Crippen LogP contribution in [0.15, 0.2) is 47.4 Å². The lowest BCUT2D eigenvalue weighted by Gasteiger charge is -2.14. The van der Waals surface area contributed by atoms with Gasteiger partial charge in [0.2, 0.25) is 5.91 Å². The van der Waals surface area contributed by atoms with Gasteiger partial charge in [-0.15, -0.1) is 11.8 Å². The summed E-state index contributed by atoms with van der Waals surface area (Å²) in [6.07, 6.45) is 0. The van der Waals surface area contributed by atoms with Crippen LogP contribution in [0.3, 0.4) is 0 Å². The number of carbonyl (C=O) groups is 2. The molecule has 0 heterocycles. The molecule has 0 saturated heterocycles. The molecule has 0 aliphatic heterocycles. The summed E-state index contributed by atoms with van der Waals surface area (Å²) in [6, 6.07) is 12.6. The van der Waals surface area contributed by atoms with E-state index in [0.29, 0.717) is 27.6 Å². The van der Waals surface area contributed by atoms with Crippen LogP contribution in [0.4, 0.5) is 5.69 Å². The number of anilines is 1. The maximum Gasteiger partial charge on any atom is 0.256 e. The van der Waals surface area contributed by atoms with E-state index in [1.165, 1.54) is 0 Å². The molecule has 3 N–H and O–H groups in total. The Hall–Kier alpha value is -2.27. The summed E-state index contributed by atoms with van der Waals surface area (Å²) in [4.78, 5) is 25.0. The van der Waals surface area contributed by atoms with Gasteiger partial charge in [0.1, 0.15) is 0 Å². The van der Waals surface area contributed by atoms with Crippen molar-refractivity contribution >= 4 is 29.3 Å². The highest BCUT2D eigenvalue weighted by molar-refractivity contribution is 8.00. The standard InChI is InChI=1S/C18H20N2O2S/c1-11(2)23-16-10-5-4-7-14(16)18(22)20-15-9-6-8-13(12(15)3)17(19)21/h4-11H,1-3H3,(H2,19,21)(H,20,22). The van der Waals surface area contributed by atoms with E-state index < -0.39 is 5.91 Å². The van der Waals surface area contributed by atoms with Crippen molar-refractivity contribution in [1.29, 1.82) is 0 Å². The molecule has 0 saturated carbocycles. The molecule has 0 atom stereocenters. The Morgan fingerprint density at radius 2 is 1.70 bits per heavy atom. The van der Waals surface area contributed by atoms with Crippen molar-refractivity contribution < 1.29 is 9.59 Å². The molecule has 5 heteroatoms. The second-order valence-corrected chi connectivity index (χ2v) is 7.08. The van der Waals surface area contributed by atoms with Crippen LogP contribution in [0.2, 0.25) is 0 Å². The number of hydrogen-bond acceptors (Lipinski definition) is 3. The van der Waals surface area contributed by atoms with Gasteiger partial charge >= 0.3 is 0 Å². The highest BCUT2D eigenvalue weighted by Crippen LogP contribution is 2.27. The van der Waals surface area contributed by atoms with Gasteiger partial charge in [-0.25, -0.2) is 0 Å². The number of carbonyl (C=O) groups excluding carboxylic acids is 2. The Bertz CT molecular complexity index is 742. The maximum absolute atomic E-state index is 12.6. The number of benzene rings is 2. The van der Waals surface area contributed by atoms with Crippen LogP contribution in [-0.2, 0) is 0 Å². The molecule has 0 spiro atoms. The van der Waals surface area contributed by atoms with Crippen molar-refractivity contribution in [2.45, 2.75) is 30.9 Å². The Morgan fingerprint density at radius 3 is 2.35 bits per heavy atom. The first-order valence-electron chi connectivity index (χ1n) is 7.36. The SMILES string of the molecule is Cc1c(NC(=O)c2ccccc2SC(C)C)cccc1C(N)=O. The molecule has 0 fully saturated rings. The summed E-state index contributed by atoms with van der Waals surface area (Å²) in [5.74, 6) is -0.701. The molecule has 0 unspecified atom stereocenters. The molecule has 0 aliphatic carbocycles. The molecule has 4 nitrogen and oxygen atoms in total. The zero-order chi connectivity index (χ0) is 17.0. The predicted octanol–water partition coefficient (Wildman–Crippen LogP) is 3.85. The van der Waals surface area contributed by atoms with Gasteiger partial charge in [-0.3, -0.25) is 9.59 Å². The summed E-state index contributed by atoms with van der Waals surface area (Å²) >= 11 is 1.64.